The summed E-state index contributed by atoms with van der Waals surface area (Å²) in [5.74, 6) is 0.476. The van der Waals surface area contributed by atoms with Crippen molar-refractivity contribution >= 4 is 5.97 Å². The summed E-state index contributed by atoms with van der Waals surface area (Å²) in [6.07, 6.45) is 4.23. The van der Waals surface area contributed by atoms with Gasteiger partial charge in [0.25, 0.3) is 0 Å². The van der Waals surface area contributed by atoms with Gasteiger partial charge in [0.05, 0.1) is 12.5 Å². The predicted molar refractivity (Wildman–Crippen MR) is 64.5 cm³/mol. The van der Waals surface area contributed by atoms with Gasteiger partial charge in [-0.15, -0.1) is 0 Å². The highest BCUT2D eigenvalue weighted by Gasteiger charge is 2.28. The van der Waals surface area contributed by atoms with Crippen LogP contribution in [0.3, 0.4) is 0 Å². The van der Waals surface area contributed by atoms with Gasteiger partial charge in [-0.1, -0.05) is 19.8 Å². The molecule has 0 aromatic carbocycles. The zero-order valence-electron chi connectivity index (χ0n) is 11.1. The fraction of sp³-hybridized carbons (Fsp3) is 0.923. The van der Waals surface area contributed by atoms with Crippen LogP contribution >= 0.6 is 0 Å². The maximum Gasteiger partial charge on any atom is 0.309 e. The molecular formula is C13H24O4. The molecule has 1 saturated carbocycles. The number of esters is 1. The summed E-state index contributed by atoms with van der Waals surface area (Å²) in [6, 6.07) is 0. The highest BCUT2D eigenvalue weighted by molar-refractivity contribution is 5.72. The minimum Gasteiger partial charge on any atom is -0.463 e. The van der Waals surface area contributed by atoms with Crippen molar-refractivity contribution in [2.75, 3.05) is 20.3 Å². The van der Waals surface area contributed by atoms with Crippen molar-refractivity contribution in [3.05, 3.63) is 0 Å². The molecule has 17 heavy (non-hydrogen) atoms. The van der Waals surface area contributed by atoms with E-state index in [0.29, 0.717) is 19.1 Å². The lowest BCUT2D eigenvalue weighted by Crippen LogP contribution is -2.28. The second-order valence-electron chi connectivity index (χ2n) is 4.71. The van der Waals surface area contributed by atoms with Crippen LogP contribution in [0, 0.1) is 11.8 Å². The van der Waals surface area contributed by atoms with Crippen molar-refractivity contribution in [1.29, 1.82) is 0 Å². The van der Waals surface area contributed by atoms with E-state index in [-0.39, 0.29) is 18.2 Å². The van der Waals surface area contributed by atoms with Gasteiger partial charge < -0.3 is 14.2 Å². The largest absolute Gasteiger partial charge is 0.463 e. The number of carbonyl (C=O) groups is 1. The highest BCUT2D eigenvalue weighted by Crippen LogP contribution is 2.30. The molecule has 0 radical (unpaired) electrons. The third-order valence-electron chi connectivity index (χ3n) is 3.43. The van der Waals surface area contributed by atoms with E-state index in [1.165, 1.54) is 6.42 Å². The first-order chi connectivity index (χ1) is 8.15. The molecule has 1 aliphatic rings. The Morgan fingerprint density at radius 2 is 2.00 bits per heavy atom. The van der Waals surface area contributed by atoms with E-state index in [2.05, 4.69) is 6.92 Å². The molecule has 0 heterocycles. The first-order valence-corrected chi connectivity index (χ1v) is 6.46. The lowest BCUT2D eigenvalue weighted by Gasteiger charge is -2.26. The van der Waals surface area contributed by atoms with Crippen molar-refractivity contribution in [2.24, 2.45) is 11.8 Å². The van der Waals surface area contributed by atoms with E-state index in [1.54, 1.807) is 7.11 Å². The standard InChI is InChI=1S/C13H24O4/c1-10-6-4-5-7-12(10)13(14)17-9-8-16-11(2)15-3/h10-12H,4-9H2,1-3H3. The zero-order chi connectivity index (χ0) is 12.7. The van der Waals surface area contributed by atoms with Gasteiger partial charge in [-0.3, -0.25) is 4.79 Å². The Morgan fingerprint density at radius 1 is 1.29 bits per heavy atom. The summed E-state index contributed by atoms with van der Waals surface area (Å²) in [6.45, 7) is 4.65. The second kappa shape index (κ2) is 7.67. The Labute approximate surface area is 104 Å². The molecule has 100 valence electrons. The van der Waals surface area contributed by atoms with E-state index in [9.17, 15) is 4.79 Å². The number of rotatable bonds is 6. The summed E-state index contributed by atoms with van der Waals surface area (Å²) < 4.78 is 15.4. The smallest absolute Gasteiger partial charge is 0.309 e. The maximum absolute atomic E-state index is 11.8. The zero-order valence-corrected chi connectivity index (χ0v) is 11.1. The lowest BCUT2D eigenvalue weighted by molar-refractivity contribution is -0.159. The molecule has 0 saturated heterocycles. The summed E-state index contributed by atoms with van der Waals surface area (Å²) in [5.41, 5.74) is 0. The first-order valence-electron chi connectivity index (χ1n) is 6.46. The van der Waals surface area contributed by atoms with Crippen LogP contribution in [0.5, 0.6) is 0 Å². The summed E-state index contributed by atoms with van der Waals surface area (Å²) >= 11 is 0. The minimum atomic E-state index is -0.248. The Kier molecular flexibility index (Phi) is 6.52. The molecule has 0 aliphatic heterocycles. The number of hydrogen-bond donors (Lipinski definition) is 0. The Hall–Kier alpha value is -0.610. The monoisotopic (exact) mass is 244 g/mol. The van der Waals surface area contributed by atoms with E-state index in [1.807, 2.05) is 6.92 Å². The van der Waals surface area contributed by atoms with E-state index in [4.69, 9.17) is 14.2 Å². The molecule has 0 amide bonds. The Balaban J connectivity index is 2.15. The van der Waals surface area contributed by atoms with Gasteiger partial charge in [0.1, 0.15) is 6.61 Å². The van der Waals surface area contributed by atoms with Crippen LogP contribution in [0.1, 0.15) is 39.5 Å². The molecular weight excluding hydrogens is 220 g/mol. The van der Waals surface area contributed by atoms with Crippen LogP contribution in [-0.4, -0.2) is 32.6 Å². The third-order valence-corrected chi connectivity index (χ3v) is 3.43. The molecule has 1 fully saturated rings. The van der Waals surface area contributed by atoms with Crippen LogP contribution in [0.2, 0.25) is 0 Å². The Morgan fingerprint density at radius 3 is 2.65 bits per heavy atom. The quantitative estimate of drug-likeness (QED) is 0.409. The van der Waals surface area contributed by atoms with Gasteiger partial charge in [-0.25, -0.2) is 0 Å². The fourth-order valence-electron chi connectivity index (χ4n) is 2.20. The van der Waals surface area contributed by atoms with Gasteiger partial charge in [0.2, 0.25) is 0 Å². The molecule has 0 bridgehead atoms. The van der Waals surface area contributed by atoms with Crippen LogP contribution in [0.4, 0.5) is 0 Å². The van der Waals surface area contributed by atoms with E-state index < -0.39 is 0 Å². The molecule has 1 aliphatic carbocycles. The van der Waals surface area contributed by atoms with Gasteiger partial charge >= 0.3 is 5.97 Å². The minimum absolute atomic E-state index is 0.0640. The van der Waals surface area contributed by atoms with Crippen molar-refractivity contribution in [3.63, 3.8) is 0 Å². The van der Waals surface area contributed by atoms with Gasteiger partial charge in [-0.05, 0) is 25.7 Å². The van der Waals surface area contributed by atoms with Crippen LogP contribution in [0.15, 0.2) is 0 Å². The molecule has 0 N–H and O–H groups in total. The van der Waals surface area contributed by atoms with Crippen molar-refractivity contribution in [3.8, 4) is 0 Å². The normalized spacial score (nSPS) is 26.5. The van der Waals surface area contributed by atoms with Crippen LogP contribution in [0.25, 0.3) is 0 Å². The van der Waals surface area contributed by atoms with Crippen molar-refractivity contribution in [2.45, 2.75) is 45.8 Å². The second-order valence-corrected chi connectivity index (χ2v) is 4.71. The van der Waals surface area contributed by atoms with Crippen LogP contribution < -0.4 is 0 Å². The lowest BCUT2D eigenvalue weighted by atomic mass is 9.80. The van der Waals surface area contributed by atoms with Gasteiger partial charge in [0, 0.05) is 7.11 Å². The molecule has 0 aromatic rings. The van der Waals surface area contributed by atoms with Crippen molar-refractivity contribution < 1.29 is 19.0 Å². The molecule has 4 heteroatoms. The average molecular weight is 244 g/mol. The number of ether oxygens (including phenoxy) is 3. The van der Waals surface area contributed by atoms with Crippen molar-refractivity contribution in [1.82, 2.24) is 0 Å². The summed E-state index contributed by atoms with van der Waals surface area (Å²) in [7, 11) is 1.58. The predicted octanol–water partition coefficient (Wildman–Crippen LogP) is 2.36. The molecule has 3 atom stereocenters. The summed E-state index contributed by atoms with van der Waals surface area (Å²) in [5, 5.41) is 0. The maximum atomic E-state index is 11.8. The molecule has 0 aromatic heterocycles. The molecule has 1 rings (SSSR count). The third kappa shape index (κ3) is 5.04. The molecule has 0 spiro atoms. The molecule has 4 nitrogen and oxygen atoms in total. The summed E-state index contributed by atoms with van der Waals surface area (Å²) in [4.78, 5) is 11.8. The Bertz CT molecular complexity index is 229. The van der Waals surface area contributed by atoms with E-state index >= 15 is 0 Å². The number of carbonyl (C=O) groups excluding carboxylic acids is 1. The van der Waals surface area contributed by atoms with E-state index in [0.717, 1.165) is 19.3 Å². The van der Waals surface area contributed by atoms with Gasteiger partial charge in [0.15, 0.2) is 6.29 Å². The fourth-order valence-corrected chi connectivity index (χ4v) is 2.20. The molecule has 3 unspecified atom stereocenters. The van der Waals surface area contributed by atoms with Crippen LogP contribution in [-0.2, 0) is 19.0 Å². The van der Waals surface area contributed by atoms with Gasteiger partial charge in [-0.2, -0.15) is 0 Å². The number of hydrogen-bond acceptors (Lipinski definition) is 4. The number of methoxy groups -OCH3 is 1. The topological polar surface area (TPSA) is 44.8 Å². The first kappa shape index (κ1) is 14.5. The highest BCUT2D eigenvalue weighted by atomic mass is 16.7. The average Bonchev–Trinajstić information content (AvgIpc) is 2.34. The SMILES string of the molecule is COC(C)OCCOC(=O)C1CCCCC1C.